The zero-order valence-corrected chi connectivity index (χ0v) is 8.70. The molecule has 0 aromatic heterocycles. The van der Waals surface area contributed by atoms with Crippen LogP contribution in [0.15, 0.2) is 0 Å². The van der Waals surface area contributed by atoms with E-state index in [2.05, 4.69) is 4.18 Å². The number of hydrogen-bond donors (Lipinski definition) is 0. The molecule has 7 heteroatoms. The summed E-state index contributed by atoms with van der Waals surface area (Å²) in [5.74, 6) is 0.341. The molecule has 2 aliphatic carbocycles. The van der Waals surface area contributed by atoms with E-state index in [-0.39, 0.29) is 0 Å². The summed E-state index contributed by atoms with van der Waals surface area (Å²) in [7, 11) is -5.43. The Bertz CT molecular complexity index is 352. The molecule has 0 aromatic rings. The summed E-state index contributed by atoms with van der Waals surface area (Å²) in [4.78, 5) is 0. The molecule has 88 valence electrons. The van der Waals surface area contributed by atoms with Crippen molar-refractivity contribution in [3.05, 3.63) is 0 Å². The summed E-state index contributed by atoms with van der Waals surface area (Å²) >= 11 is 0. The van der Waals surface area contributed by atoms with Gasteiger partial charge in [-0.15, -0.1) is 0 Å². The molecule has 0 heterocycles. The number of alkyl halides is 3. The third-order valence-electron chi connectivity index (χ3n) is 3.25. The van der Waals surface area contributed by atoms with Crippen LogP contribution in [0.2, 0.25) is 0 Å². The number of halogens is 3. The van der Waals surface area contributed by atoms with Gasteiger partial charge in [-0.05, 0) is 38.0 Å². The van der Waals surface area contributed by atoms with E-state index in [0.717, 1.165) is 12.8 Å². The molecule has 0 radical (unpaired) electrons. The van der Waals surface area contributed by atoms with E-state index in [9.17, 15) is 21.6 Å². The van der Waals surface area contributed by atoms with E-state index >= 15 is 0 Å². The Morgan fingerprint density at radius 1 is 1.20 bits per heavy atom. The molecule has 0 saturated heterocycles. The molecule has 15 heavy (non-hydrogen) atoms. The lowest BCUT2D eigenvalue weighted by Gasteiger charge is -2.26. The van der Waals surface area contributed by atoms with E-state index in [0.29, 0.717) is 25.2 Å². The Kier molecular flexibility index (Phi) is 2.31. The summed E-state index contributed by atoms with van der Waals surface area (Å²) in [5, 5.41) is 0. The highest BCUT2D eigenvalue weighted by Gasteiger charge is 2.55. The Labute approximate surface area is 85.7 Å². The largest absolute Gasteiger partial charge is 0.523 e. The first-order chi connectivity index (χ1) is 6.74. The van der Waals surface area contributed by atoms with Crippen molar-refractivity contribution in [3.63, 3.8) is 0 Å². The molecular formula is C8H11F3O3S. The zero-order chi connectivity index (χ0) is 11.3. The third kappa shape index (κ3) is 1.87. The molecule has 0 atom stereocenters. The van der Waals surface area contributed by atoms with Crippen LogP contribution in [0.5, 0.6) is 0 Å². The summed E-state index contributed by atoms with van der Waals surface area (Å²) in [6.45, 7) is 0. The third-order valence-corrected chi connectivity index (χ3v) is 4.39. The fraction of sp³-hybridized carbons (Fsp3) is 1.00. The summed E-state index contributed by atoms with van der Waals surface area (Å²) in [6, 6.07) is 0. The average Bonchev–Trinajstić information content (AvgIpc) is 2.59. The van der Waals surface area contributed by atoms with Gasteiger partial charge in [-0.3, -0.25) is 4.18 Å². The van der Waals surface area contributed by atoms with Gasteiger partial charge in [0.15, 0.2) is 0 Å². The molecule has 3 nitrogen and oxygen atoms in total. The second-order valence-corrected chi connectivity index (χ2v) is 5.85. The van der Waals surface area contributed by atoms with Crippen LogP contribution in [0, 0.1) is 5.92 Å². The Hall–Kier alpha value is -0.300. The molecule has 0 aromatic carbocycles. The number of rotatable bonds is 2. The van der Waals surface area contributed by atoms with Crippen LogP contribution in [0.1, 0.15) is 32.1 Å². The molecule has 0 amide bonds. The second-order valence-electron chi connectivity index (χ2n) is 4.31. The first-order valence-corrected chi connectivity index (χ1v) is 6.17. The minimum Gasteiger partial charge on any atom is -0.256 e. The molecule has 2 bridgehead atoms. The topological polar surface area (TPSA) is 43.4 Å². The highest BCUT2D eigenvalue weighted by atomic mass is 32.2. The quantitative estimate of drug-likeness (QED) is 0.552. The van der Waals surface area contributed by atoms with Crippen LogP contribution in [-0.2, 0) is 14.3 Å². The van der Waals surface area contributed by atoms with E-state index in [4.69, 9.17) is 0 Å². The standard InChI is InChI=1S/C8H11F3O3S/c9-8(10,11)15(12,13)14-7-3-1-6(5-7)2-4-7/h6H,1-5H2. The van der Waals surface area contributed by atoms with Crippen LogP contribution in [0.4, 0.5) is 13.2 Å². The van der Waals surface area contributed by atoms with Gasteiger partial charge in [0.2, 0.25) is 0 Å². The molecule has 0 aliphatic heterocycles. The van der Waals surface area contributed by atoms with Crippen molar-refractivity contribution in [3.8, 4) is 0 Å². The van der Waals surface area contributed by atoms with Crippen LogP contribution >= 0.6 is 0 Å². The number of fused-ring (bicyclic) bond motifs is 2. The van der Waals surface area contributed by atoms with Crippen LogP contribution in [0.25, 0.3) is 0 Å². The van der Waals surface area contributed by atoms with Crippen molar-refractivity contribution in [2.45, 2.75) is 43.2 Å². The van der Waals surface area contributed by atoms with E-state index in [1.165, 1.54) is 0 Å². The Balaban J connectivity index is 2.16. The lowest BCUT2D eigenvalue weighted by atomic mass is 9.98. The van der Waals surface area contributed by atoms with Crippen LogP contribution in [0.3, 0.4) is 0 Å². The predicted molar refractivity (Wildman–Crippen MR) is 45.4 cm³/mol. The maximum Gasteiger partial charge on any atom is 0.523 e. The van der Waals surface area contributed by atoms with Gasteiger partial charge in [0, 0.05) is 0 Å². The molecule has 2 aliphatic rings. The fourth-order valence-corrected chi connectivity index (χ4v) is 3.33. The molecule has 0 spiro atoms. The zero-order valence-electron chi connectivity index (χ0n) is 7.88. The predicted octanol–water partition coefficient (Wildman–Crippen LogP) is 2.19. The Morgan fingerprint density at radius 2 is 1.73 bits per heavy atom. The van der Waals surface area contributed by atoms with Gasteiger partial charge in [0.25, 0.3) is 0 Å². The van der Waals surface area contributed by atoms with Gasteiger partial charge < -0.3 is 0 Å². The van der Waals surface area contributed by atoms with Gasteiger partial charge in [-0.2, -0.15) is 21.6 Å². The van der Waals surface area contributed by atoms with Gasteiger partial charge in [-0.25, -0.2) is 0 Å². The lowest BCUT2D eigenvalue weighted by molar-refractivity contribution is -0.0647. The molecule has 0 unspecified atom stereocenters. The summed E-state index contributed by atoms with van der Waals surface area (Å²) in [6.07, 6.45) is 2.84. The van der Waals surface area contributed by atoms with E-state index < -0.39 is 21.2 Å². The highest BCUT2D eigenvalue weighted by Crippen LogP contribution is 2.51. The van der Waals surface area contributed by atoms with Gasteiger partial charge >= 0.3 is 15.6 Å². The van der Waals surface area contributed by atoms with Crippen molar-refractivity contribution in [2.24, 2.45) is 5.92 Å². The lowest BCUT2D eigenvalue weighted by Crippen LogP contribution is -2.36. The molecule has 2 rings (SSSR count). The first-order valence-electron chi connectivity index (χ1n) is 4.76. The first kappa shape index (κ1) is 11.2. The van der Waals surface area contributed by atoms with Gasteiger partial charge in [0.1, 0.15) is 0 Å². The maximum absolute atomic E-state index is 12.1. The normalized spacial score (nSPS) is 36.1. The van der Waals surface area contributed by atoms with Crippen molar-refractivity contribution >= 4 is 10.1 Å². The number of hydrogen-bond acceptors (Lipinski definition) is 3. The smallest absolute Gasteiger partial charge is 0.256 e. The Morgan fingerprint density at radius 3 is 2.07 bits per heavy atom. The van der Waals surface area contributed by atoms with E-state index in [1.54, 1.807) is 0 Å². The second kappa shape index (κ2) is 3.10. The molecule has 0 N–H and O–H groups in total. The van der Waals surface area contributed by atoms with Crippen molar-refractivity contribution in [2.75, 3.05) is 0 Å². The SMILES string of the molecule is O=S(=O)(OC12CCC(CC1)C2)C(F)(F)F. The van der Waals surface area contributed by atoms with Crippen LogP contribution < -0.4 is 0 Å². The van der Waals surface area contributed by atoms with Crippen LogP contribution in [-0.4, -0.2) is 19.5 Å². The van der Waals surface area contributed by atoms with E-state index in [1.807, 2.05) is 0 Å². The van der Waals surface area contributed by atoms with Crippen molar-refractivity contribution in [1.29, 1.82) is 0 Å². The summed E-state index contributed by atoms with van der Waals surface area (Å²) < 4.78 is 62.4. The van der Waals surface area contributed by atoms with Gasteiger partial charge in [-0.1, -0.05) is 0 Å². The molecular weight excluding hydrogens is 233 g/mol. The summed E-state index contributed by atoms with van der Waals surface area (Å²) in [5.41, 5.74) is -6.36. The fourth-order valence-electron chi connectivity index (χ4n) is 2.54. The monoisotopic (exact) mass is 244 g/mol. The van der Waals surface area contributed by atoms with Crippen molar-refractivity contribution < 1.29 is 25.8 Å². The maximum atomic E-state index is 12.1. The minimum atomic E-state index is -5.43. The van der Waals surface area contributed by atoms with Gasteiger partial charge in [0.05, 0.1) is 5.60 Å². The minimum absolute atomic E-state index is 0.341. The molecule has 2 saturated carbocycles. The highest BCUT2D eigenvalue weighted by molar-refractivity contribution is 7.87. The average molecular weight is 244 g/mol. The van der Waals surface area contributed by atoms with Crippen molar-refractivity contribution in [1.82, 2.24) is 0 Å². The molecule has 2 fully saturated rings.